The molecule has 3 rings (SSSR count). The molecule has 1 aliphatic rings. The van der Waals surface area contributed by atoms with Gasteiger partial charge in [-0.3, -0.25) is 9.20 Å². The molecule has 0 saturated heterocycles. The molecule has 5 heteroatoms. The van der Waals surface area contributed by atoms with Crippen molar-refractivity contribution < 1.29 is 0 Å². The van der Waals surface area contributed by atoms with Gasteiger partial charge < -0.3 is 5.32 Å². The molecular weight excluding hydrogens is 270 g/mol. The first-order valence-corrected chi connectivity index (χ1v) is 8.40. The van der Waals surface area contributed by atoms with Gasteiger partial charge in [0.1, 0.15) is 0 Å². The topological polar surface area (TPSA) is 46.4 Å². The van der Waals surface area contributed by atoms with Crippen LogP contribution in [0.4, 0.5) is 0 Å². The normalized spacial score (nSPS) is 18.0. The number of thiazole rings is 1. The van der Waals surface area contributed by atoms with Gasteiger partial charge in [-0.1, -0.05) is 32.1 Å². The van der Waals surface area contributed by atoms with Crippen molar-refractivity contribution in [1.82, 2.24) is 14.7 Å². The zero-order valence-corrected chi connectivity index (χ0v) is 12.5. The van der Waals surface area contributed by atoms with E-state index in [2.05, 4.69) is 10.3 Å². The van der Waals surface area contributed by atoms with E-state index < -0.39 is 0 Å². The van der Waals surface area contributed by atoms with E-state index in [1.54, 1.807) is 16.7 Å². The van der Waals surface area contributed by atoms with Gasteiger partial charge in [-0.05, 0) is 12.8 Å². The van der Waals surface area contributed by atoms with Crippen LogP contribution in [0.2, 0.25) is 0 Å². The molecule has 1 aliphatic carbocycles. The lowest BCUT2D eigenvalue weighted by Gasteiger charge is -2.20. The highest BCUT2D eigenvalue weighted by molar-refractivity contribution is 7.15. The fourth-order valence-corrected chi connectivity index (χ4v) is 3.63. The smallest absolute Gasteiger partial charge is 0.258 e. The summed E-state index contributed by atoms with van der Waals surface area (Å²) in [4.78, 5) is 17.2. The number of rotatable bonds is 3. The summed E-state index contributed by atoms with van der Waals surface area (Å²) >= 11 is 1.51. The van der Waals surface area contributed by atoms with E-state index in [-0.39, 0.29) is 5.56 Å². The lowest BCUT2D eigenvalue weighted by atomic mass is 9.97. The second kappa shape index (κ2) is 6.50. The van der Waals surface area contributed by atoms with Crippen LogP contribution in [0, 0.1) is 0 Å². The van der Waals surface area contributed by atoms with Gasteiger partial charge >= 0.3 is 0 Å². The lowest BCUT2D eigenvalue weighted by Crippen LogP contribution is -2.30. The number of fused-ring (bicyclic) bond motifs is 1. The molecule has 108 valence electrons. The second-order valence-corrected chi connectivity index (χ2v) is 6.44. The molecular formula is C15H21N3OS. The van der Waals surface area contributed by atoms with Crippen LogP contribution in [0.3, 0.4) is 0 Å². The van der Waals surface area contributed by atoms with Gasteiger partial charge in [0.25, 0.3) is 5.56 Å². The van der Waals surface area contributed by atoms with Gasteiger partial charge in [0, 0.05) is 30.2 Å². The Balaban J connectivity index is 1.65. The van der Waals surface area contributed by atoms with Gasteiger partial charge in [0.05, 0.1) is 5.69 Å². The molecule has 0 spiro atoms. The third kappa shape index (κ3) is 3.27. The Hall–Kier alpha value is -1.20. The molecule has 0 atom stereocenters. The fraction of sp³-hybridized carbons (Fsp3) is 0.600. The molecule has 1 saturated carbocycles. The van der Waals surface area contributed by atoms with Gasteiger partial charge in [-0.25, -0.2) is 4.98 Å². The van der Waals surface area contributed by atoms with Crippen molar-refractivity contribution in [1.29, 1.82) is 0 Å². The molecule has 20 heavy (non-hydrogen) atoms. The van der Waals surface area contributed by atoms with Gasteiger partial charge in [0.15, 0.2) is 4.96 Å². The summed E-state index contributed by atoms with van der Waals surface area (Å²) in [6.07, 6.45) is 11.0. The van der Waals surface area contributed by atoms with Crippen molar-refractivity contribution in [2.24, 2.45) is 0 Å². The van der Waals surface area contributed by atoms with E-state index in [4.69, 9.17) is 0 Å². The molecule has 2 aromatic heterocycles. The molecule has 2 aromatic rings. The number of nitrogens with zero attached hydrogens (tertiary/aromatic N) is 2. The van der Waals surface area contributed by atoms with Crippen LogP contribution in [-0.4, -0.2) is 15.4 Å². The lowest BCUT2D eigenvalue weighted by molar-refractivity contribution is 0.387. The molecule has 0 amide bonds. The third-order valence-corrected chi connectivity index (χ3v) is 4.79. The number of hydrogen-bond acceptors (Lipinski definition) is 4. The van der Waals surface area contributed by atoms with Crippen molar-refractivity contribution in [3.05, 3.63) is 33.7 Å². The second-order valence-electron chi connectivity index (χ2n) is 5.56. The first-order chi connectivity index (χ1) is 9.83. The summed E-state index contributed by atoms with van der Waals surface area (Å²) in [6.45, 7) is 0.703. The zero-order chi connectivity index (χ0) is 13.8. The van der Waals surface area contributed by atoms with Crippen molar-refractivity contribution in [2.45, 2.75) is 57.5 Å². The van der Waals surface area contributed by atoms with E-state index in [9.17, 15) is 4.79 Å². The molecule has 4 nitrogen and oxygen atoms in total. The maximum absolute atomic E-state index is 11.9. The first kappa shape index (κ1) is 13.8. The predicted molar refractivity (Wildman–Crippen MR) is 82.3 cm³/mol. The standard InChI is InChI=1S/C15H21N3OS/c19-14-10-13(17-15-18(14)8-9-20-15)11-16-12-6-4-2-1-3-5-7-12/h8-10,12,16H,1-7,11H2. The monoisotopic (exact) mass is 291 g/mol. The molecule has 0 aliphatic heterocycles. The van der Waals surface area contributed by atoms with Crippen LogP contribution in [-0.2, 0) is 6.54 Å². The minimum atomic E-state index is 0.0192. The van der Waals surface area contributed by atoms with E-state index in [1.165, 1.54) is 56.3 Å². The molecule has 2 heterocycles. The SMILES string of the molecule is O=c1cc(CNC2CCCCCCC2)nc2sccn12. The average molecular weight is 291 g/mol. The van der Waals surface area contributed by atoms with E-state index in [0.717, 1.165) is 10.7 Å². The van der Waals surface area contributed by atoms with Crippen molar-refractivity contribution in [2.75, 3.05) is 0 Å². The van der Waals surface area contributed by atoms with Gasteiger partial charge in [-0.15, -0.1) is 11.3 Å². The maximum Gasteiger partial charge on any atom is 0.258 e. The molecule has 1 fully saturated rings. The summed E-state index contributed by atoms with van der Waals surface area (Å²) in [7, 11) is 0. The Morgan fingerprint density at radius 2 is 2.00 bits per heavy atom. The minimum absolute atomic E-state index is 0.0192. The van der Waals surface area contributed by atoms with Crippen molar-refractivity contribution in [3.8, 4) is 0 Å². The minimum Gasteiger partial charge on any atom is -0.308 e. The number of aromatic nitrogens is 2. The highest BCUT2D eigenvalue weighted by Gasteiger charge is 2.11. The van der Waals surface area contributed by atoms with Gasteiger partial charge in [-0.2, -0.15) is 0 Å². The van der Waals surface area contributed by atoms with E-state index >= 15 is 0 Å². The third-order valence-electron chi connectivity index (χ3n) is 4.03. The van der Waals surface area contributed by atoms with Crippen LogP contribution in [0.1, 0.15) is 50.6 Å². The molecule has 0 unspecified atom stereocenters. The number of nitrogens with one attached hydrogen (secondary N) is 1. The Morgan fingerprint density at radius 3 is 2.80 bits per heavy atom. The largest absolute Gasteiger partial charge is 0.308 e. The molecule has 0 bridgehead atoms. The summed E-state index contributed by atoms with van der Waals surface area (Å²) in [5, 5.41) is 5.48. The number of hydrogen-bond donors (Lipinski definition) is 1. The Labute approximate surface area is 122 Å². The van der Waals surface area contributed by atoms with E-state index in [1.807, 2.05) is 5.38 Å². The van der Waals surface area contributed by atoms with Crippen molar-refractivity contribution >= 4 is 16.3 Å². The molecule has 0 radical (unpaired) electrons. The highest BCUT2D eigenvalue weighted by Crippen LogP contribution is 2.17. The van der Waals surface area contributed by atoms with Crippen LogP contribution in [0.5, 0.6) is 0 Å². The zero-order valence-electron chi connectivity index (χ0n) is 11.7. The predicted octanol–water partition coefficient (Wildman–Crippen LogP) is 2.96. The summed E-state index contributed by atoms with van der Waals surface area (Å²) in [5.41, 5.74) is 0.880. The van der Waals surface area contributed by atoms with Gasteiger partial charge in [0.2, 0.25) is 0 Å². The quantitative estimate of drug-likeness (QED) is 0.945. The first-order valence-electron chi connectivity index (χ1n) is 7.52. The summed E-state index contributed by atoms with van der Waals surface area (Å²) in [5.74, 6) is 0. The molecule has 0 aromatic carbocycles. The summed E-state index contributed by atoms with van der Waals surface area (Å²) in [6, 6.07) is 2.23. The Morgan fingerprint density at radius 1 is 1.25 bits per heavy atom. The molecule has 1 N–H and O–H groups in total. The van der Waals surface area contributed by atoms with E-state index in [0.29, 0.717) is 12.6 Å². The van der Waals surface area contributed by atoms with Crippen LogP contribution < -0.4 is 10.9 Å². The Bertz CT molecular complexity index is 611. The fourth-order valence-electron chi connectivity index (χ4n) is 2.89. The van der Waals surface area contributed by atoms with Crippen molar-refractivity contribution in [3.63, 3.8) is 0 Å². The Kier molecular flexibility index (Phi) is 4.47. The maximum atomic E-state index is 11.9. The van der Waals surface area contributed by atoms with Crippen LogP contribution in [0.25, 0.3) is 4.96 Å². The van der Waals surface area contributed by atoms with Crippen LogP contribution in [0.15, 0.2) is 22.4 Å². The van der Waals surface area contributed by atoms with Crippen LogP contribution >= 0.6 is 11.3 Å². The average Bonchev–Trinajstić information content (AvgIpc) is 2.86. The highest BCUT2D eigenvalue weighted by atomic mass is 32.1. The summed E-state index contributed by atoms with van der Waals surface area (Å²) < 4.78 is 1.60.